The van der Waals surface area contributed by atoms with Crippen LogP contribution in [0, 0.1) is 0 Å². The van der Waals surface area contributed by atoms with Crippen molar-refractivity contribution in [1.29, 1.82) is 0 Å². The van der Waals surface area contributed by atoms with E-state index >= 15 is 0 Å². The van der Waals surface area contributed by atoms with E-state index in [1.807, 2.05) is 0 Å². The van der Waals surface area contributed by atoms with E-state index in [2.05, 4.69) is 54.6 Å². The van der Waals surface area contributed by atoms with Gasteiger partial charge in [0.15, 0.2) is 0 Å². The predicted molar refractivity (Wildman–Crippen MR) is 71.0 cm³/mol. The molecule has 1 aliphatic rings. The van der Waals surface area contributed by atoms with Crippen LogP contribution in [0.1, 0.15) is 29.0 Å². The minimum absolute atomic E-state index is 0.287. The maximum Gasteiger partial charge on any atom is 0.0107 e. The standard InChI is InChI=1S/C16H17N/c17-14-10-13-8-4-5-9-15(13)16(11-14)12-6-2-1-3-7-12/h1-9,14,16H,10-11,17H2/t14-,16?/m1/s1. The van der Waals surface area contributed by atoms with E-state index in [1.165, 1.54) is 16.7 Å². The highest BCUT2D eigenvalue weighted by molar-refractivity contribution is 5.40. The summed E-state index contributed by atoms with van der Waals surface area (Å²) in [6.07, 6.45) is 2.07. The van der Waals surface area contributed by atoms with E-state index in [4.69, 9.17) is 5.73 Å². The van der Waals surface area contributed by atoms with Crippen molar-refractivity contribution >= 4 is 0 Å². The van der Waals surface area contributed by atoms with Gasteiger partial charge < -0.3 is 5.73 Å². The summed E-state index contributed by atoms with van der Waals surface area (Å²) < 4.78 is 0. The van der Waals surface area contributed by atoms with Crippen LogP contribution in [0.2, 0.25) is 0 Å². The molecular formula is C16H17N. The van der Waals surface area contributed by atoms with Gasteiger partial charge in [0.1, 0.15) is 0 Å². The molecule has 0 radical (unpaired) electrons. The highest BCUT2D eigenvalue weighted by Crippen LogP contribution is 2.35. The molecule has 2 aromatic carbocycles. The average molecular weight is 223 g/mol. The van der Waals surface area contributed by atoms with Gasteiger partial charge in [-0.25, -0.2) is 0 Å². The Labute approximate surface area is 102 Å². The summed E-state index contributed by atoms with van der Waals surface area (Å²) in [5.41, 5.74) is 10.4. The Hall–Kier alpha value is -1.60. The second-order valence-electron chi connectivity index (χ2n) is 4.86. The van der Waals surface area contributed by atoms with Crippen molar-refractivity contribution in [3.8, 4) is 0 Å². The minimum atomic E-state index is 0.287. The van der Waals surface area contributed by atoms with Crippen molar-refractivity contribution in [3.05, 3.63) is 71.3 Å². The SMILES string of the molecule is N[C@@H]1Cc2ccccc2C(c2ccccc2)C1. The molecule has 0 amide bonds. The topological polar surface area (TPSA) is 26.0 Å². The molecule has 0 fully saturated rings. The Bertz CT molecular complexity index is 504. The lowest BCUT2D eigenvalue weighted by molar-refractivity contribution is 0.531. The predicted octanol–water partition coefficient (Wildman–Crippen LogP) is 3.09. The largest absolute Gasteiger partial charge is 0.327 e. The molecule has 0 spiro atoms. The molecule has 2 N–H and O–H groups in total. The highest BCUT2D eigenvalue weighted by Gasteiger charge is 2.25. The molecule has 86 valence electrons. The lowest BCUT2D eigenvalue weighted by Gasteiger charge is -2.30. The first-order chi connectivity index (χ1) is 8.34. The third-order valence-corrected chi connectivity index (χ3v) is 3.65. The Morgan fingerprint density at radius 1 is 0.882 bits per heavy atom. The van der Waals surface area contributed by atoms with E-state index in [0.29, 0.717) is 5.92 Å². The fraction of sp³-hybridized carbons (Fsp3) is 0.250. The lowest BCUT2D eigenvalue weighted by atomic mass is 9.77. The monoisotopic (exact) mass is 223 g/mol. The van der Waals surface area contributed by atoms with Gasteiger partial charge in [-0.15, -0.1) is 0 Å². The smallest absolute Gasteiger partial charge is 0.0107 e. The summed E-state index contributed by atoms with van der Waals surface area (Å²) in [6.45, 7) is 0. The van der Waals surface area contributed by atoms with Crippen LogP contribution in [0.25, 0.3) is 0 Å². The van der Waals surface area contributed by atoms with E-state index < -0.39 is 0 Å². The van der Waals surface area contributed by atoms with Gasteiger partial charge in [-0.3, -0.25) is 0 Å². The molecule has 0 saturated carbocycles. The van der Waals surface area contributed by atoms with Gasteiger partial charge in [0.25, 0.3) is 0 Å². The summed E-state index contributed by atoms with van der Waals surface area (Å²) >= 11 is 0. The molecule has 2 atom stereocenters. The molecule has 1 aliphatic carbocycles. The third kappa shape index (κ3) is 1.98. The van der Waals surface area contributed by atoms with E-state index in [0.717, 1.165) is 12.8 Å². The zero-order chi connectivity index (χ0) is 11.7. The van der Waals surface area contributed by atoms with Crippen molar-refractivity contribution in [1.82, 2.24) is 0 Å². The Morgan fingerprint density at radius 2 is 1.59 bits per heavy atom. The van der Waals surface area contributed by atoms with Crippen LogP contribution in [-0.4, -0.2) is 6.04 Å². The number of rotatable bonds is 1. The molecule has 17 heavy (non-hydrogen) atoms. The first-order valence-electron chi connectivity index (χ1n) is 6.23. The molecule has 3 rings (SSSR count). The summed E-state index contributed by atoms with van der Waals surface area (Å²) in [5, 5.41) is 0. The first-order valence-corrected chi connectivity index (χ1v) is 6.23. The maximum absolute atomic E-state index is 6.18. The van der Waals surface area contributed by atoms with Crippen LogP contribution in [-0.2, 0) is 6.42 Å². The van der Waals surface area contributed by atoms with Crippen molar-refractivity contribution in [2.45, 2.75) is 24.8 Å². The van der Waals surface area contributed by atoms with Gasteiger partial charge in [-0.2, -0.15) is 0 Å². The van der Waals surface area contributed by atoms with Crippen LogP contribution in [0.5, 0.6) is 0 Å². The summed E-state index contributed by atoms with van der Waals surface area (Å²) in [6, 6.07) is 19.7. The first kappa shape index (κ1) is 10.5. The Morgan fingerprint density at radius 3 is 2.41 bits per heavy atom. The molecule has 1 heteroatoms. The summed E-state index contributed by atoms with van der Waals surface area (Å²) in [4.78, 5) is 0. The third-order valence-electron chi connectivity index (χ3n) is 3.65. The van der Waals surface area contributed by atoms with E-state index in [-0.39, 0.29) is 6.04 Å². The molecule has 1 unspecified atom stereocenters. The van der Waals surface area contributed by atoms with Gasteiger partial charge in [0.05, 0.1) is 0 Å². The van der Waals surface area contributed by atoms with Gasteiger partial charge in [0.2, 0.25) is 0 Å². The number of fused-ring (bicyclic) bond motifs is 1. The van der Waals surface area contributed by atoms with Crippen LogP contribution in [0.3, 0.4) is 0 Å². The number of hydrogen-bond acceptors (Lipinski definition) is 1. The second-order valence-corrected chi connectivity index (χ2v) is 4.86. The quantitative estimate of drug-likeness (QED) is 0.790. The number of nitrogens with two attached hydrogens (primary N) is 1. The van der Waals surface area contributed by atoms with Gasteiger partial charge in [-0.05, 0) is 29.5 Å². The zero-order valence-corrected chi connectivity index (χ0v) is 9.84. The number of benzene rings is 2. The maximum atomic E-state index is 6.18. The van der Waals surface area contributed by atoms with Crippen LogP contribution >= 0.6 is 0 Å². The molecule has 0 aromatic heterocycles. The van der Waals surface area contributed by atoms with Crippen LogP contribution < -0.4 is 5.73 Å². The molecule has 0 aliphatic heterocycles. The van der Waals surface area contributed by atoms with Gasteiger partial charge in [-0.1, -0.05) is 54.6 Å². The Kier molecular flexibility index (Phi) is 2.69. The summed E-state index contributed by atoms with van der Waals surface area (Å²) in [7, 11) is 0. The van der Waals surface area contributed by atoms with Crippen molar-refractivity contribution in [2.24, 2.45) is 5.73 Å². The number of hydrogen-bond donors (Lipinski definition) is 1. The fourth-order valence-corrected chi connectivity index (χ4v) is 2.86. The lowest BCUT2D eigenvalue weighted by Crippen LogP contribution is -2.30. The average Bonchev–Trinajstić information content (AvgIpc) is 2.39. The summed E-state index contributed by atoms with van der Waals surface area (Å²) in [5.74, 6) is 0.469. The molecule has 1 nitrogen and oxygen atoms in total. The highest BCUT2D eigenvalue weighted by atomic mass is 14.6. The molecule has 0 bridgehead atoms. The van der Waals surface area contributed by atoms with Crippen LogP contribution in [0.15, 0.2) is 54.6 Å². The van der Waals surface area contributed by atoms with Gasteiger partial charge in [0, 0.05) is 12.0 Å². The second kappa shape index (κ2) is 4.34. The van der Waals surface area contributed by atoms with Crippen molar-refractivity contribution in [3.63, 3.8) is 0 Å². The molecule has 0 saturated heterocycles. The Balaban J connectivity index is 2.07. The zero-order valence-electron chi connectivity index (χ0n) is 9.84. The molecular weight excluding hydrogens is 206 g/mol. The van der Waals surface area contributed by atoms with Crippen molar-refractivity contribution < 1.29 is 0 Å². The van der Waals surface area contributed by atoms with E-state index in [1.54, 1.807) is 0 Å². The van der Waals surface area contributed by atoms with Gasteiger partial charge >= 0.3 is 0 Å². The normalized spacial score (nSPS) is 23.1. The van der Waals surface area contributed by atoms with Crippen LogP contribution in [0.4, 0.5) is 0 Å². The van der Waals surface area contributed by atoms with Crippen molar-refractivity contribution in [2.75, 3.05) is 0 Å². The molecule has 0 heterocycles. The van der Waals surface area contributed by atoms with E-state index in [9.17, 15) is 0 Å². The minimum Gasteiger partial charge on any atom is -0.327 e. The fourth-order valence-electron chi connectivity index (χ4n) is 2.86. The molecule has 2 aromatic rings.